The molecule has 0 amide bonds. The number of likely N-dealkylation sites (tertiary alicyclic amines) is 1. The highest BCUT2D eigenvalue weighted by Crippen LogP contribution is 2.54. The molecule has 2 fully saturated rings. The van der Waals surface area contributed by atoms with Gasteiger partial charge in [-0.05, 0) is 51.6 Å². The van der Waals surface area contributed by atoms with E-state index in [0.29, 0.717) is 18.1 Å². The molecule has 0 unspecified atom stereocenters. The highest BCUT2D eigenvalue weighted by molar-refractivity contribution is 5.66. The SMILES string of the molecule is CC1(C)Oc2c(O)cccc2[C@@H]2O[C@@H]3CCN(CCCC(=O)O)C[C@H]3C[C@H]21. The molecule has 0 saturated carbocycles. The largest absolute Gasteiger partial charge is 0.504 e. The molecule has 0 bridgehead atoms. The van der Waals surface area contributed by atoms with Gasteiger partial charge in [-0.25, -0.2) is 0 Å². The molecule has 3 heterocycles. The van der Waals surface area contributed by atoms with Crippen molar-refractivity contribution in [2.45, 2.75) is 57.3 Å². The number of phenols is 1. The quantitative estimate of drug-likeness (QED) is 0.841. The summed E-state index contributed by atoms with van der Waals surface area (Å²) in [6.07, 6.45) is 3.08. The number of benzene rings is 1. The maximum atomic E-state index is 10.8. The standard InChI is InChI=1S/C21H29NO5/c1-21(2)15-11-13-12-22(9-4-7-18(24)25)10-8-17(13)26-19(15)14-5-3-6-16(23)20(14)27-21/h3,5-6,13,15,17,19,23H,4,7-12H2,1-2H3,(H,24,25)/t13-,15-,17-,19+/m1/s1. The molecule has 0 radical (unpaired) electrons. The fraction of sp³-hybridized carbons (Fsp3) is 0.667. The Balaban J connectivity index is 1.49. The second-order valence-electron chi connectivity index (χ2n) is 8.68. The number of rotatable bonds is 4. The first-order chi connectivity index (χ1) is 12.8. The Kier molecular flexibility index (Phi) is 4.80. The summed E-state index contributed by atoms with van der Waals surface area (Å²) in [5, 5.41) is 19.1. The van der Waals surface area contributed by atoms with Crippen molar-refractivity contribution in [1.29, 1.82) is 0 Å². The molecule has 6 nitrogen and oxygen atoms in total. The molecule has 2 saturated heterocycles. The van der Waals surface area contributed by atoms with Crippen LogP contribution >= 0.6 is 0 Å². The average Bonchev–Trinajstić information content (AvgIpc) is 2.61. The molecule has 3 aliphatic rings. The Morgan fingerprint density at radius 3 is 2.96 bits per heavy atom. The van der Waals surface area contributed by atoms with Crippen molar-refractivity contribution in [3.63, 3.8) is 0 Å². The van der Waals surface area contributed by atoms with Crippen molar-refractivity contribution in [3.8, 4) is 11.5 Å². The van der Waals surface area contributed by atoms with E-state index in [1.54, 1.807) is 6.07 Å². The first-order valence-corrected chi connectivity index (χ1v) is 9.95. The molecule has 148 valence electrons. The Labute approximate surface area is 160 Å². The van der Waals surface area contributed by atoms with E-state index in [4.69, 9.17) is 14.6 Å². The number of hydrogen-bond acceptors (Lipinski definition) is 5. The molecule has 0 aromatic heterocycles. The van der Waals surface area contributed by atoms with E-state index >= 15 is 0 Å². The lowest BCUT2D eigenvalue weighted by Gasteiger charge is -2.53. The van der Waals surface area contributed by atoms with Crippen LogP contribution in [0.4, 0.5) is 0 Å². The van der Waals surface area contributed by atoms with Gasteiger partial charge in [-0.3, -0.25) is 4.79 Å². The zero-order chi connectivity index (χ0) is 19.2. The highest BCUT2D eigenvalue weighted by Gasteiger charge is 2.51. The van der Waals surface area contributed by atoms with Gasteiger partial charge in [0, 0.05) is 31.0 Å². The Bertz CT molecular complexity index is 719. The summed E-state index contributed by atoms with van der Waals surface area (Å²) in [5.41, 5.74) is 0.550. The second-order valence-corrected chi connectivity index (χ2v) is 8.68. The van der Waals surface area contributed by atoms with Gasteiger partial charge in [0.15, 0.2) is 11.5 Å². The Hall–Kier alpha value is -1.79. The summed E-state index contributed by atoms with van der Waals surface area (Å²) >= 11 is 0. The molecule has 1 aromatic carbocycles. The van der Waals surface area contributed by atoms with Crippen LogP contribution in [0.1, 0.15) is 51.2 Å². The van der Waals surface area contributed by atoms with Crippen LogP contribution in [0, 0.1) is 11.8 Å². The summed E-state index contributed by atoms with van der Waals surface area (Å²) in [5.74, 6) is 0.682. The van der Waals surface area contributed by atoms with Crippen LogP contribution < -0.4 is 4.74 Å². The van der Waals surface area contributed by atoms with Crippen LogP contribution in [0.25, 0.3) is 0 Å². The minimum atomic E-state index is -0.725. The van der Waals surface area contributed by atoms with Gasteiger partial charge in [0.2, 0.25) is 0 Å². The first-order valence-electron chi connectivity index (χ1n) is 9.95. The molecule has 6 heteroatoms. The van der Waals surface area contributed by atoms with Crippen molar-refractivity contribution < 1.29 is 24.5 Å². The fourth-order valence-corrected chi connectivity index (χ4v) is 5.04. The average molecular weight is 375 g/mol. The predicted octanol–water partition coefficient (Wildman–Crippen LogP) is 3.20. The van der Waals surface area contributed by atoms with Crippen molar-refractivity contribution in [1.82, 2.24) is 4.90 Å². The zero-order valence-electron chi connectivity index (χ0n) is 16.1. The second kappa shape index (κ2) is 6.99. The number of fused-ring (bicyclic) bond motifs is 4. The molecular formula is C21H29NO5. The van der Waals surface area contributed by atoms with E-state index in [1.165, 1.54) is 0 Å². The molecule has 27 heavy (non-hydrogen) atoms. The molecule has 2 N–H and O–H groups in total. The van der Waals surface area contributed by atoms with Gasteiger partial charge in [0.1, 0.15) is 5.60 Å². The van der Waals surface area contributed by atoms with Crippen LogP contribution in [0.3, 0.4) is 0 Å². The first kappa shape index (κ1) is 18.6. The molecule has 1 aromatic rings. The summed E-state index contributed by atoms with van der Waals surface area (Å²) in [6.45, 7) is 6.90. The van der Waals surface area contributed by atoms with E-state index in [-0.39, 0.29) is 30.3 Å². The minimum absolute atomic E-state index is 0.0457. The number of nitrogens with zero attached hydrogens (tertiary/aromatic N) is 1. The number of carboxylic acid groups (broad SMARTS) is 1. The van der Waals surface area contributed by atoms with Crippen LogP contribution in [0.2, 0.25) is 0 Å². The van der Waals surface area contributed by atoms with Gasteiger partial charge in [0.25, 0.3) is 0 Å². The molecule has 0 aliphatic carbocycles. The Morgan fingerprint density at radius 1 is 1.37 bits per heavy atom. The van der Waals surface area contributed by atoms with Gasteiger partial charge >= 0.3 is 5.97 Å². The van der Waals surface area contributed by atoms with Crippen LogP contribution in [0.5, 0.6) is 11.5 Å². The number of aliphatic carboxylic acids is 1. The monoisotopic (exact) mass is 375 g/mol. The van der Waals surface area contributed by atoms with E-state index in [2.05, 4.69) is 18.7 Å². The van der Waals surface area contributed by atoms with Crippen LogP contribution in [-0.2, 0) is 9.53 Å². The maximum Gasteiger partial charge on any atom is 0.303 e. The molecule has 4 atom stereocenters. The number of carboxylic acids is 1. The van der Waals surface area contributed by atoms with Crippen molar-refractivity contribution in [3.05, 3.63) is 23.8 Å². The van der Waals surface area contributed by atoms with E-state index < -0.39 is 11.6 Å². The number of carbonyl (C=O) groups is 1. The summed E-state index contributed by atoms with van der Waals surface area (Å²) in [6, 6.07) is 5.52. The third-order valence-corrected chi connectivity index (χ3v) is 6.45. The fourth-order valence-electron chi connectivity index (χ4n) is 5.04. The number of phenolic OH excluding ortho intramolecular Hbond substituents is 1. The highest BCUT2D eigenvalue weighted by atomic mass is 16.5. The molecular weight excluding hydrogens is 346 g/mol. The number of hydrogen-bond donors (Lipinski definition) is 2. The van der Waals surface area contributed by atoms with Crippen molar-refractivity contribution >= 4 is 5.97 Å². The van der Waals surface area contributed by atoms with Gasteiger partial charge in [-0.2, -0.15) is 0 Å². The molecule has 3 aliphatic heterocycles. The van der Waals surface area contributed by atoms with Crippen molar-refractivity contribution in [2.24, 2.45) is 11.8 Å². The number of para-hydroxylation sites is 1. The number of piperidine rings is 1. The van der Waals surface area contributed by atoms with Gasteiger partial charge in [-0.15, -0.1) is 0 Å². The molecule has 4 rings (SSSR count). The van der Waals surface area contributed by atoms with Gasteiger partial charge in [-0.1, -0.05) is 12.1 Å². The summed E-state index contributed by atoms with van der Waals surface area (Å²) in [4.78, 5) is 13.1. The Morgan fingerprint density at radius 2 is 2.19 bits per heavy atom. The van der Waals surface area contributed by atoms with E-state index in [0.717, 1.165) is 38.0 Å². The summed E-state index contributed by atoms with van der Waals surface area (Å²) in [7, 11) is 0. The summed E-state index contributed by atoms with van der Waals surface area (Å²) < 4.78 is 12.8. The van der Waals surface area contributed by atoms with Crippen LogP contribution in [0.15, 0.2) is 18.2 Å². The number of ether oxygens (including phenoxy) is 2. The predicted molar refractivity (Wildman–Crippen MR) is 100.0 cm³/mol. The van der Waals surface area contributed by atoms with Gasteiger partial charge in [0.05, 0.1) is 12.2 Å². The smallest absolute Gasteiger partial charge is 0.303 e. The van der Waals surface area contributed by atoms with Crippen molar-refractivity contribution in [2.75, 3.05) is 19.6 Å². The van der Waals surface area contributed by atoms with E-state index in [1.807, 2.05) is 12.1 Å². The molecule has 0 spiro atoms. The lowest BCUT2D eigenvalue weighted by Crippen LogP contribution is -2.55. The topological polar surface area (TPSA) is 79.2 Å². The van der Waals surface area contributed by atoms with E-state index in [9.17, 15) is 9.90 Å². The maximum absolute atomic E-state index is 10.8. The third-order valence-electron chi connectivity index (χ3n) is 6.45. The normalized spacial score (nSPS) is 31.9. The lowest BCUT2D eigenvalue weighted by atomic mass is 9.70. The van der Waals surface area contributed by atoms with Crippen LogP contribution in [-0.4, -0.2) is 52.4 Å². The third kappa shape index (κ3) is 3.52. The zero-order valence-corrected chi connectivity index (χ0v) is 16.1. The van der Waals surface area contributed by atoms with Gasteiger partial charge < -0.3 is 24.6 Å². The number of aromatic hydroxyl groups is 1. The lowest BCUT2D eigenvalue weighted by molar-refractivity contribution is -0.187. The minimum Gasteiger partial charge on any atom is -0.504 e.